The van der Waals surface area contributed by atoms with E-state index in [0.29, 0.717) is 23.9 Å². The largest absolute Gasteiger partial charge is 0.447 e. The third kappa shape index (κ3) is 2.40. The highest BCUT2D eigenvalue weighted by atomic mass is 79.9. The number of nitrogens with zero attached hydrogens (tertiary/aromatic N) is 4. The number of anilines is 1. The first-order chi connectivity index (χ1) is 11.0. The quantitative estimate of drug-likeness (QED) is 0.634. The Hall–Kier alpha value is -1.99. The molecule has 0 fully saturated rings. The second-order valence-electron chi connectivity index (χ2n) is 5.31. The van der Waals surface area contributed by atoms with Crippen LogP contribution in [0.4, 0.5) is 5.69 Å². The second kappa shape index (κ2) is 5.28. The molecule has 0 saturated heterocycles. The molecule has 0 saturated carbocycles. The van der Waals surface area contributed by atoms with E-state index in [1.165, 1.54) is 0 Å². The van der Waals surface area contributed by atoms with Gasteiger partial charge < -0.3 is 4.42 Å². The maximum atomic E-state index is 12.8. The van der Waals surface area contributed by atoms with Gasteiger partial charge in [-0.15, -0.1) is 0 Å². The summed E-state index contributed by atoms with van der Waals surface area (Å²) in [7, 11) is 1.81. The van der Waals surface area contributed by atoms with Crippen LogP contribution in [0.2, 0.25) is 5.22 Å². The predicted octanol–water partition coefficient (Wildman–Crippen LogP) is 3.39. The molecule has 4 rings (SSSR count). The predicted molar refractivity (Wildman–Crippen MR) is 89.8 cm³/mol. The molecule has 23 heavy (non-hydrogen) atoms. The monoisotopic (exact) mass is 394 g/mol. The number of furan rings is 1. The number of rotatable bonds is 1. The van der Waals surface area contributed by atoms with E-state index in [4.69, 9.17) is 16.0 Å². The minimum absolute atomic E-state index is 0.157. The Morgan fingerprint density at radius 2 is 2.22 bits per heavy atom. The maximum Gasteiger partial charge on any atom is 0.292 e. The summed E-state index contributed by atoms with van der Waals surface area (Å²) in [5, 5.41) is 8.10. The topological polar surface area (TPSA) is 54.0 Å². The van der Waals surface area contributed by atoms with E-state index < -0.39 is 0 Å². The Bertz CT molecular complexity index is 919. The van der Waals surface area contributed by atoms with Gasteiger partial charge >= 0.3 is 0 Å². The third-order valence-corrected chi connectivity index (χ3v) is 4.55. The van der Waals surface area contributed by atoms with Crippen LogP contribution in [-0.2, 0) is 6.42 Å². The van der Waals surface area contributed by atoms with Crippen molar-refractivity contribution in [3.63, 3.8) is 0 Å². The molecule has 3 aromatic rings. The van der Waals surface area contributed by atoms with Crippen molar-refractivity contribution in [2.24, 2.45) is 0 Å². The standard InChI is InChI=1S/C15H12BrClN4O2/c1-19-12-7-14(17)23-13(12)4-5-21(19)15(22)11-6-10-3-2-9(16)8-20(10)18-11/h2-3,6-8H,4-5H2,1H3. The van der Waals surface area contributed by atoms with Gasteiger partial charge in [0, 0.05) is 30.2 Å². The van der Waals surface area contributed by atoms with Crippen molar-refractivity contribution in [3.8, 4) is 0 Å². The van der Waals surface area contributed by atoms with Crippen LogP contribution in [0.3, 0.4) is 0 Å². The van der Waals surface area contributed by atoms with Gasteiger partial charge in [0.15, 0.2) is 10.9 Å². The average molecular weight is 396 g/mol. The Morgan fingerprint density at radius 1 is 1.39 bits per heavy atom. The van der Waals surface area contributed by atoms with Crippen LogP contribution in [-0.4, -0.2) is 34.1 Å². The van der Waals surface area contributed by atoms with E-state index in [-0.39, 0.29) is 5.91 Å². The van der Waals surface area contributed by atoms with Crippen LogP contribution in [0.25, 0.3) is 5.52 Å². The van der Waals surface area contributed by atoms with Crippen LogP contribution >= 0.6 is 27.5 Å². The van der Waals surface area contributed by atoms with Crippen LogP contribution in [0.1, 0.15) is 16.2 Å². The highest BCUT2D eigenvalue weighted by Crippen LogP contribution is 2.32. The minimum Gasteiger partial charge on any atom is -0.447 e. The first-order valence-corrected chi connectivity index (χ1v) is 8.18. The van der Waals surface area contributed by atoms with E-state index in [1.54, 1.807) is 26.7 Å². The van der Waals surface area contributed by atoms with Gasteiger partial charge in [-0.1, -0.05) is 0 Å². The van der Waals surface area contributed by atoms with E-state index in [0.717, 1.165) is 21.4 Å². The summed E-state index contributed by atoms with van der Waals surface area (Å²) >= 11 is 9.31. The molecule has 0 spiro atoms. The summed E-state index contributed by atoms with van der Waals surface area (Å²) in [5.74, 6) is 0.635. The number of hydrazine groups is 1. The first kappa shape index (κ1) is 14.6. The molecular formula is C15H12BrClN4O2. The molecule has 8 heteroatoms. The van der Waals surface area contributed by atoms with E-state index in [1.807, 2.05) is 25.4 Å². The molecule has 118 valence electrons. The number of hydrogen-bond acceptors (Lipinski definition) is 4. The van der Waals surface area contributed by atoms with E-state index in [2.05, 4.69) is 21.0 Å². The van der Waals surface area contributed by atoms with Crippen molar-refractivity contribution in [1.29, 1.82) is 0 Å². The number of fused-ring (bicyclic) bond motifs is 2. The molecular weight excluding hydrogens is 384 g/mol. The van der Waals surface area contributed by atoms with Crippen LogP contribution in [0, 0.1) is 0 Å². The van der Waals surface area contributed by atoms with Crippen LogP contribution < -0.4 is 5.01 Å². The molecule has 0 aromatic carbocycles. The molecule has 6 nitrogen and oxygen atoms in total. The van der Waals surface area contributed by atoms with Crippen molar-refractivity contribution in [2.45, 2.75) is 6.42 Å². The third-order valence-electron chi connectivity index (χ3n) is 3.90. The van der Waals surface area contributed by atoms with Gasteiger partial charge in [-0.25, -0.2) is 9.52 Å². The van der Waals surface area contributed by atoms with Gasteiger partial charge in [-0.05, 0) is 45.7 Å². The van der Waals surface area contributed by atoms with E-state index >= 15 is 0 Å². The molecule has 1 amide bonds. The van der Waals surface area contributed by atoms with E-state index in [9.17, 15) is 4.79 Å². The molecule has 0 N–H and O–H groups in total. The van der Waals surface area contributed by atoms with Gasteiger partial charge in [0.2, 0.25) is 0 Å². The fraction of sp³-hybridized carbons (Fsp3) is 0.200. The van der Waals surface area contributed by atoms with Gasteiger partial charge in [-0.3, -0.25) is 9.80 Å². The van der Waals surface area contributed by atoms with Crippen LogP contribution in [0.15, 0.2) is 39.4 Å². The Kier molecular flexibility index (Phi) is 3.35. The first-order valence-electron chi connectivity index (χ1n) is 7.01. The molecule has 0 radical (unpaired) electrons. The number of pyridine rings is 1. The fourth-order valence-electron chi connectivity index (χ4n) is 2.76. The number of amides is 1. The Labute approximate surface area is 145 Å². The number of carbonyl (C=O) groups excluding carboxylic acids is 1. The van der Waals surface area contributed by atoms with Crippen molar-refractivity contribution in [3.05, 3.63) is 51.6 Å². The van der Waals surface area contributed by atoms with Crippen molar-refractivity contribution in [2.75, 3.05) is 18.6 Å². The molecule has 3 aromatic heterocycles. The van der Waals surface area contributed by atoms with Crippen molar-refractivity contribution in [1.82, 2.24) is 14.6 Å². The van der Waals surface area contributed by atoms with Gasteiger partial charge in [0.05, 0.1) is 12.1 Å². The molecule has 1 aliphatic heterocycles. The summed E-state index contributed by atoms with van der Waals surface area (Å²) in [6.07, 6.45) is 2.44. The lowest BCUT2D eigenvalue weighted by Crippen LogP contribution is -2.48. The maximum absolute atomic E-state index is 12.8. The molecule has 0 unspecified atom stereocenters. The second-order valence-corrected chi connectivity index (χ2v) is 6.60. The normalized spacial score (nSPS) is 14.4. The average Bonchev–Trinajstić information content (AvgIpc) is 3.09. The zero-order chi connectivity index (χ0) is 16.1. The highest BCUT2D eigenvalue weighted by Gasteiger charge is 2.30. The summed E-state index contributed by atoms with van der Waals surface area (Å²) in [6, 6.07) is 7.32. The SMILES string of the molecule is CN1c2cc(Cl)oc2CCN1C(=O)c1cc2ccc(Br)cn2n1. The highest BCUT2D eigenvalue weighted by molar-refractivity contribution is 9.10. The molecule has 0 bridgehead atoms. The van der Waals surface area contributed by atoms with Gasteiger partial charge in [0.1, 0.15) is 11.4 Å². The Balaban J connectivity index is 1.68. The molecule has 0 atom stereocenters. The molecule has 1 aliphatic rings. The number of carbonyl (C=O) groups is 1. The number of aromatic nitrogens is 2. The van der Waals surface area contributed by atoms with Gasteiger partial charge in [0.25, 0.3) is 5.91 Å². The van der Waals surface area contributed by atoms with Crippen LogP contribution in [0.5, 0.6) is 0 Å². The lowest BCUT2D eigenvalue weighted by Gasteiger charge is -2.35. The lowest BCUT2D eigenvalue weighted by molar-refractivity contribution is 0.0728. The zero-order valence-corrected chi connectivity index (χ0v) is 14.5. The molecule has 0 aliphatic carbocycles. The smallest absolute Gasteiger partial charge is 0.292 e. The summed E-state index contributed by atoms with van der Waals surface area (Å²) in [6.45, 7) is 0.518. The minimum atomic E-state index is -0.157. The summed E-state index contributed by atoms with van der Waals surface area (Å²) < 4.78 is 8.02. The lowest BCUT2D eigenvalue weighted by atomic mass is 10.2. The van der Waals surface area contributed by atoms with Crippen molar-refractivity contribution >= 4 is 44.6 Å². The summed E-state index contributed by atoms with van der Waals surface area (Å²) in [4.78, 5) is 12.8. The number of halogens is 2. The molecule has 4 heterocycles. The summed E-state index contributed by atoms with van der Waals surface area (Å²) in [5.41, 5.74) is 2.07. The van der Waals surface area contributed by atoms with Crippen molar-refractivity contribution < 1.29 is 9.21 Å². The fourth-order valence-corrected chi connectivity index (χ4v) is 3.29. The Morgan fingerprint density at radius 3 is 3.04 bits per heavy atom. The zero-order valence-electron chi connectivity index (χ0n) is 12.2. The number of hydrogen-bond donors (Lipinski definition) is 0. The van der Waals surface area contributed by atoms with Gasteiger partial charge in [-0.2, -0.15) is 5.10 Å².